The molecule has 0 spiro atoms. The molecule has 1 aliphatic rings. The molecule has 0 saturated carbocycles. The number of rotatable bonds is 34. The van der Waals surface area contributed by atoms with Crippen LogP contribution in [-0.2, 0) is 14.3 Å². The van der Waals surface area contributed by atoms with E-state index in [9.17, 15) is 30.3 Å². The van der Waals surface area contributed by atoms with Crippen molar-refractivity contribution in [1.82, 2.24) is 5.32 Å². The molecule has 1 aliphatic heterocycles. The number of amides is 1. The van der Waals surface area contributed by atoms with Gasteiger partial charge in [0.25, 0.3) is 0 Å². The lowest BCUT2D eigenvalue weighted by atomic mass is 9.99. The smallest absolute Gasteiger partial charge is 0.220 e. The van der Waals surface area contributed by atoms with Crippen LogP contribution < -0.4 is 5.32 Å². The number of carbonyl (C=O) groups excluding carboxylic acids is 1. The summed E-state index contributed by atoms with van der Waals surface area (Å²) in [6.07, 6.45) is 27.2. The van der Waals surface area contributed by atoms with E-state index in [-0.39, 0.29) is 12.5 Å². The Morgan fingerprint density at radius 1 is 0.612 bits per heavy atom. The number of unbranched alkanes of at least 4 members (excludes halogenated alkanes) is 24. The maximum atomic E-state index is 12.3. The van der Waals surface area contributed by atoms with Gasteiger partial charge < -0.3 is 40.3 Å². The van der Waals surface area contributed by atoms with Crippen LogP contribution in [0.3, 0.4) is 0 Å². The second-order valence-corrected chi connectivity index (χ2v) is 14.8. The van der Waals surface area contributed by atoms with Crippen LogP contribution in [0.4, 0.5) is 0 Å². The van der Waals surface area contributed by atoms with Crippen molar-refractivity contribution in [3.63, 3.8) is 0 Å². The number of hydrogen-bond donors (Lipinski definition) is 6. The van der Waals surface area contributed by atoms with Crippen molar-refractivity contribution >= 4 is 5.91 Å². The number of aliphatic hydroxyl groups excluding tert-OH is 5. The van der Waals surface area contributed by atoms with Crippen LogP contribution in [0.5, 0.6) is 0 Å². The molecule has 0 aliphatic carbocycles. The van der Waals surface area contributed by atoms with E-state index < -0.39 is 49.5 Å². The maximum absolute atomic E-state index is 12.3. The molecule has 0 bridgehead atoms. The molecule has 0 aromatic heterocycles. The molecule has 9 nitrogen and oxygen atoms in total. The largest absolute Gasteiger partial charge is 0.394 e. The zero-order chi connectivity index (χ0) is 36.0. The predicted octanol–water partition coefficient (Wildman–Crippen LogP) is 7.61. The summed E-state index contributed by atoms with van der Waals surface area (Å²) in [5, 5.41) is 53.4. The van der Waals surface area contributed by atoms with Gasteiger partial charge in [-0.15, -0.1) is 0 Å². The SMILES string of the molecule is CCCCCCCCCCCCCCCCCCCCCCCCCCCC(O)C(COC1OC(CO)C(O)C(O)C1O)NC(=O)CCC. The maximum Gasteiger partial charge on any atom is 0.220 e. The first-order valence-corrected chi connectivity index (χ1v) is 20.7. The molecule has 1 heterocycles. The van der Waals surface area contributed by atoms with Gasteiger partial charge in [0, 0.05) is 6.42 Å². The topological polar surface area (TPSA) is 149 Å². The third kappa shape index (κ3) is 23.4. The van der Waals surface area contributed by atoms with E-state index in [4.69, 9.17) is 9.47 Å². The van der Waals surface area contributed by atoms with E-state index in [2.05, 4.69) is 12.2 Å². The summed E-state index contributed by atoms with van der Waals surface area (Å²) in [4.78, 5) is 12.3. The molecule has 0 radical (unpaired) electrons. The number of aliphatic hydroxyl groups is 5. The lowest BCUT2D eigenvalue weighted by Crippen LogP contribution is -2.60. The van der Waals surface area contributed by atoms with Crippen molar-refractivity contribution in [3.8, 4) is 0 Å². The zero-order valence-electron chi connectivity index (χ0n) is 31.7. The van der Waals surface area contributed by atoms with Crippen molar-refractivity contribution < 1.29 is 39.8 Å². The first-order chi connectivity index (χ1) is 23.8. The molecule has 1 saturated heterocycles. The molecule has 292 valence electrons. The first-order valence-electron chi connectivity index (χ1n) is 20.7. The molecule has 1 rings (SSSR count). The minimum absolute atomic E-state index is 0.140. The second kappa shape index (κ2) is 31.9. The van der Waals surface area contributed by atoms with E-state index in [0.717, 1.165) is 19.3 Å². The second-order valence-electron chi connectivity index (χ2n) is 14.8. The van der Waals surface area contributed by atoms with Gasteiger partial charge >= 0.3 is 0 Å². The highest BCUT2D eigenvalue weighted by Gasteiger charge is 2.44. The Morgan fingerprint density at radius 2 is 1.02 bits per heavy atom. The molecule has 6 N–H and O–H groups in total. The lowest BCUT2D eigenvalue weighted by Gasteiger charge is -2.40. The van der Waals surface area contributed by atoms with Crippen LogP contribution >= 0.6 is 0 Å². The average molecular weight is 702 g/mol. The molecule has 7 unspecified atom stereocenters. The normalized spacial score (nSPS) is 22.3. The number of nitrogens with one attached hydrogen (secondary N) is 1. The van der Waals surface area contributed by atoms with Crippen molar-refractivity contribution in [2.75, 3.05) is 13.2 Å². The van der Waals surface area contributed by atoms with Crippen LogP contribution in [0.1, 0.15) is 194 Å². The van der Waals surface area contributed by atoms with Crippen LogP contribution in [-0.4, -0.2) is 87.5 Å². The quantitative estimate of drug-likeness (QED) is 0.0376. The standard InChI is InChI=1S/C40H79NO8/c1-3-5-6-7-8-9-10-11-12-13-14-15-16-17-18-19-20-21-22-23-24-25-26-27-28-30-34(43)33(41-36(44)29-4-2)32-48-40-39(47)38(46)37(45)35(31-42)49-40/h33-35,37-40,42-43,45-47H,3-32H2,1-2H3,(H,41,44). The number of carbonyl (C=O) groups is 1. The molecule has 49 heavy (non-hydrogen) atoms. The molecular weight excluding hydrogens is 622 g/mol. The summed E-state index contributed by atoms with van der Waals surface area (Å²) in [6.45, 7) is 3.49. The van der Waals surface area contributed by atoms with E-state index in [1.807, 2.05) is 6.92 Å². The Bertz CT molecular complexity index is 741. The van der Waals surface area contributed by atoms with Gasteiger partial charge in [0.2, 0.25) is 5.91 Å². The third-order valence-corrected chi connectivity index (χ3v) is 10.2. The molecule has 0 aromatic rings. The molecule has 7 atom stereocenters. The molecule has 1 amide bonds. The monoisotopic (exact) mass is 702 g/mol. The van der Waals surface area contributed by atoms with Gasteiger partial charge in [-0.25, -0.2) is 0 Å². The molecule has 0 aromatic carbocycles. The van der Waals surface area contributed by atoms with Gasteiger partial charge in [-0.3, -0.25) is 4.79 Å². The van der Waals surface area contributed by atoms with Crippen LogP contribution in [0.15, 0.2) is 0 Å². The number of ether oxygens (including phenoxy) is 2. The summed E-state index contributed by atoms with van der Waals surface area (Å²) in [5.74, 6) is -0.196. The first kappa shape index (κ1) is 46.2. The summed E-state index contributed by atoms with van der Waals surface area (Å²) in [5.41, 5.74) is 0. The third-order valence-electron chi connectivity index (χ3n) is 10.2. The minimum atomic E-state index is -1.54. The highest BCUT2D eigenvalue weighted by Crippen LogP contribution is 2.23. The van der Waals surface area contributed by atoms with Crippen molar-refractivity contribution in [1.29, 1.82) is 0 Å². The van der Waals surface area contributed by atoms with Crippen LogP contribution in [0, 0.1) is 0 Å². The number of hydrogen-bond acceptors (Lipinski definition) is 8. The van der Waals surface area contributed by atoms with Gasteiger partial charge in [-0.05, 0) is 12.8 Å². The van der Waals surface area contributed by atoms with Gasteiger partial charge in [0.1, 0.15) is 24.4 Å². The highest BCUT2D eigenvalue weighted by molar-refractivity contribution is 5.76. The Balaban J connectivity index is 2.02. The van der Waals surface area contributed by atoms with Gasteiger partial charge in [0.15, 0.2) is 6.29 Å². The van der Waals surface area contributed by atoms with Crippen molar-refractivity contribution in [2.45, 2.75) is 236 Å². The van der Waals surface area contributed by atoms with Gasteiger partial charge in [-0.2, -0.15) is 0 Å². The summed E-state index contributed by atoms with van der Waals surface area (Å²) in [6, 6.07) is -0.708. The zero-order valence-corrected chi connectivity index (χ0v) is 31.7. The van der Waals surface area contributed by atoms with Gasteiger partial charge in [0.05, 0.1) is 25.4 Å². The minimum Gasteiger partial charge on any atom is -0.394 e. The predicted molar refractivity (Wildman–Crippen MR) is 198 cm³/mol. The Hall–Kier alpha value is -0.810. The van der Waals surface area contributed by atoms with Gasteiger partial charge in [-0.1, -0.05) is 174 Å². The van der Waals surface area contributed by atoms with E-state index >= 15 is 0 Å². The van der Waals surface area contributed by atoms with E-state index in [1.165, 1.54) is 141 Å². The van der Waals surface area contributed by atoms with Crippen molar-refractivity contribution in [2.24, 2.45) is 0 Å². The molecular formula is C40H79NO8. The van der Waals surface area contributed by atoms with Crippen LogP contribution in [0.25, 0.3) is 0 Å². The fourth-order valence-corrected chi connectivity index (χ4v) is 6.85. The Labute approximate surface area is 300 Å². The Morgan fingerprint density at radius 3 is 1.41 bits per heavy atom. The fraction of sp³-hybridized carbons (Fsp3) is 0.975. The molecule has 9 heteroatoms. The van der Waals surface area contributed by atoms with Crippen LogP contribution in [0.2, 0.25) is 0 Å². The molecule has 1 fully saturated rings. The summed E-state index contributed by atoms with van der Waals surface area (Å²) in [7, 11) is 0. The Kier molecular flexibility index (Phi) is 30.1. The van der Waals surface area contributed by atoms with E-state index in [0.29, 0.717) is 19.3 Å². The average Bonchev–Trinajstić information content (AvgIpc) is 3.09. The summed E-state index contributed by atoms with van der Waals surface area (Å²) < 4.78 is 11.0. The lowest BCUT2D eigenvalue weighted by molar-refractivity contribution is -0.302. The highest BCUT2D eigenvalue weighted by atomic mass is 16.7. The summed E-state index contributed by atoms with van der Waals surface area (Å²) >= 11 is 0. The fourth-order valence-electron chi connectivity index (χ4n) is 6.85. The van der Waals surface area contributed by atoms with E-state index in [1.54, 1.807) is 0 Å². The van der Waals surface area contributed by atoms with Crippen molar-refractivity contribution in [3.05, 3.63) is 0 Å².